The average Bonchev–Trinajstić information content (AvgIpc) is 2.71. The molecule has 2 aromatic rings. The number of carboxylic acid groups (broad SMARTS) is 1. The molecule has 152 valence electrons. The molecule has 8 nitrogen and oxygen atoms in total. The molecular weight excluding hydrogens is 377 g/mol. The van der Waals surface area contributed by atoms with Gasteiger partial charge in [0.2, 0.25) is 5.91 Å². The average molecular weight is 399 g/mol. The largest absolute Gasteiger partial charge is 0.497 e. The van der Waals surface area contributed by atoms with Crippen molar-refractivity contribution in [2.75, 3.05) is 7.11 Å². The lowest BCUT2D eigenvalue weighted by molar-refractivity contribution is -0.121. The second kappa shape index (κ2) is 10.4. The van der Waals surface area contributed by atoms with Crippen molar-refractivity contribution in [3.8, 4) is 5.75 Å². The minimum Gasteiger partial charge on any atom is -0.497 e. The van der Waals surface area contributed by atoms with Crippen molar-refractivity contribution >= 4 is 24.8 Å². The summed E-state index contributed by atoms with van der Waals surface area (Å²) < 4.78 is 5.03. The lowest BCUT2D eigenvalue weighted by atomic mass is 9.75. The van der Waals surface area contributed by atoms with Gasteiger partial charge < -0.3 is 25.2 Å². The van der Waals surface area contributed by atoms with E-state index in [1.54, 1.807) is 30.3 Å². The summed E-state index contributed by atoms with van der Waals surface area (Å²) in [7, 11) is -0.324. The first-order valence-electron chi connectivity index (χ1n) is 8.95. The monoisotopic (exact) mass is 399 g/mol. The Morgan fingerprint density at radius 2 is 1.72 bits per heavy atom. The predicted molar refractivity (Wildman–Crippen MR) is 106 cm³/mol. The molecule has 0 bridgehead atoms. The van der Waals surface area contributed by atoms with Crippen molar-refractivity contribution in [1.82, 2.24) is 5.32 Å². The van der Waals surface area contributed by atoms with E-state index in [0.29, 0.717) is 16.9 Å². The SMILES string of the molecule is COc1ccc(C(=O)CCC(=O)N[C@@H](Cc2cccc(C(=O)O)c2)B(O)O)cc1. The van der Waals surface area contributed by atoms with E-state index in [0.717, 1.165) is 0 Å². The van der Waals surface area contributed by atoms with Crippen molar-refractivity contribution in [3.63, 3.8) is 0 Å². The summed E-state index contributed by atoms with van der Waals surface area (Å²) in [5.41, 5.74) is 1.03. The van der Waals surface area contributed by atoms with Crippen LogP contribution in [-0.4, -0.2) is 53.0 Å². The summed E-state index contributed by atoms with van der Waals surface area (Å²) in [6, 6.07) is 12.5. The highest BCUT2D eigenvalue weighted by Gasteiger charge is 2.26. The zero-order valence-corrected chi connectivity index (χ0v) is 15.9. The van der Waals surface area contributed by atoms with E-state index in [9.17, 15) is 24.4 Å². The topological polar surface area (TPSA) is 133 Å². The van der Waals surface area contributed by atoms with Crippen LogP contribution in [0.1, 0.15) is 39.1 Å². The molecule has 0 saturated heterocycles. The smallest absolute Gasteiger partial charge is 0.475 e. The van der Waals surface area contributed by atoms with Crippen LogP contribution in [-0.2, 0) is 11.2 Å². The Labute approximate surface area is 168 Å². The third-order valence-electron chi connectivity index (χ3n) is 4.33. The van der Waals surface area contributed by atoms with Gasteiger partial charge in [0.05, 0.1) is 18.6 Å². The van der Waals surface area contributed by atoms with Crippen LogP contribution in [0.3, 0.4) is 0 Å². The van der Waals surface area contributed by atoms with Crippen molar-refractivity contribution in [3.05, 3.63) is 65.2 Å². The molecule has 0 heterocycles. The number of carbonyl (C=O) groups excluding carboxylic acids is 2. The third-order valence-corrected chi connectivity index (χ3v) is 4.33. The van der Waals surface area contributed by atoms with Crippen molar-refractivity contribution in [1.29, 1.82) is 0 Å². The maximum Gasteiger partial charge on any atom is 0.475 e. The minimum absolute atomic E-state index is 0.0248. The van der Waals surface area contributed by atoms with Crippen LogP contribution in [0.5, 0.6) is 5.75 Å². The Bertz CT molecular complexity index is 867. The van der Waals surface area contributed by atoms with Gasteiger partial charge in [-0.25, -0.2) is 4.79 Å². The number of nitrogens with one attached hydrogen (secondary N) is 1. The van der Waals surface area contributed by atoms with Crippen molar-refractivity contribution in [2.24, 2.45) is 0 Å². The maximum absolute atomic E-state index is 12.2. The second-order valence-corrected chi connectivity index (χ2v) is 6.45. The van der Waals surface area contributed by atoms with E-state index in [1.165, 1.54) is 25.3 Å². The van der Waals surface area contributed by atoms with Crippen LogP contribution >= 0.6 is 0 Å². The second-order valence-electron chi connectivity index (χ2n) is 6.45. The molecule has 0 saturated carbocycles. The number of ketones is 1. The van der Waals surface area contributed by atoms with E-state index >= 15 is 0 Å². The third kappa shape index (κ3) is 6.74. The van der Waals surface area contributed by atoms with Gasteiger partial charge in [-0.1, -0.05) is 12.1 Å². The van der Waals surface area contributed by atoms with Gasteiger partial charge in [0.1, 0.15) is 5.75 Å². The van der Waals surface area contributed by atoms with E-state index in [-0.39, 0.29) is 30.6 Å². The number of rotatable bonds is 10. The van der Waals surface area contributed by atoms with Crippen molar-refractivity contribution in [2.45, 2.75) is 25.2 Å². The van der Waals surface area contributed by atoms with Gasteiger partial charge in [-0.15, -0.1) is 0 Å². The lowest BCUT2D eigenvalue weighted by Crippen LogP contribution is -2.48. The fourth-order valence-electron chi connectivity index (χ4n) is 2.74. The number of Topliss-reactive ketones (excluding diaryl/α,β-unsaturated/α-hetero) is 1. The first-order valence-corrected chi connectivity index (χ1v) is 8.95. The maximum atomic E-state index is 12.2. The Morgan fingerprint density at radius 1 is 1.03 bits per heavy atom. The number of ether oxygens (including phenoxy) is 1. The Kier molecular flexibility index (Phi) is 7.93. The molecule has 2 aromatic carbocycles. The van der Waals surface area contributed by atoms with Gasteiger partial charge in [0.15, 0.2) is 5.78 Å². The van der Waals surface area contributed by atoms with Gasteiger partial charge in [-0.2, -0.15) is 0 Å². The highest BCUT2D eigenvalue weighted by atomic mass is 16.5. The van der Waals surface area contributed by atoms with Gasteiger partial charge in [-0.05, 0) is 48.4 Å². The molecule has 2 rings (SSSR count). The number of hydrogen-bond donors (Lipinski definition) is 4. The highest BCUT2D eigenvalue weighted by Crippen LogP contribution is 2.14. The summed E-state index contributed by atoms with van der Waals surface area (Å²) >= 11 is 0. The van der Waals surface area contributed by atoms with Gasteiger partial charge >= 0.3 is 13.1 Å². The molecule has 0 aromatic heterocycles. The Hall–Kier alpha value is -3.17. The molecule has 1 atom stereocenters. The zero-order valence-electron chi connectivity index (χ0n) is 15.9. The number of carbonyl (C=O) groups is 3. The molecule has 0 aliphatic heterocycles. The molecule has 0 aliphatic carbocycles. The van der Waals surface area contributed by atoms with Crippen LogP contribution in [0.4, 0.5) is 0 Å². The minimum atomic E-state index is -1.84. The fraction of sp³-hybridized carbons (Fsp3) is 0.250. The van der Waals surface area contributed by atoms with Crippen LogP contribution in [0.2, 0.25) is 0 Å². The number of carboxylic acids is 1. The summed E-state index contributed by atoms with van der Waals surface area (Å²) in [4.78, 5) is 35.4. The Balaban J connectivity index is 1.92. The molecule has 29 heavy (non-hydrogen) atoms. The summed E-state index contributed by atoms with van der Waals surface area (Å²) in [6.45, 7) is 0. The summed E-state index contributed by atoms with van der Waals surface area (Å²) in [5.74, 6) is -2.26. The molecule has 0 radical (unpaired) electrons. The summed E-state index contributed by atoms with van der Waals surface area (Å²) in [5, 5.41) is 30.6. The van der Waals surface area contributed by atoms with Gasteiger partial charge in [0, 0.05) is 18.4 Å². The predicted octanol–water partition coefficient (Wildman–Crippen LogP) is 1.10. The van der Waals surface area contributed by atoms with E-state index in [1.807, 2.05) is 0 Å². The van der Waals surface area contributed by atoms with Crippen molar-refractivity contribution < 1.29 is 34.3 Å². The van der Waals surface area contributed by atoms with Gasteiger partial charge in [0.25, 0.3) is 0 Å². The molecule has 0 fully saturated rings. The highest BCUT2D eigenvalue weighted by molar-refractivity contribution is 6.43. The fourth-order valence-corrected chi connectivity index (χ4v) is 2.74. The number of methoxy groups -OCH3 is 1. The Morgan fingerprint density at radius 3 is 2.31 bits per heavy atom. The first kappa shape index (κ1) is 22.1. The van der Waals surface area contributed by atoms with E-state index < -0.39 is 24.9 Å². The molecule has 0 spiro atoms. The van der Waals surface area contributed by atoms with E-state index in [4.69, 9.17) is 9.84 Å². The zero-order chi connectivity index (χ0) is 21.4. The molecule has 4 N–H and O–H groups in total. The van der Waals surface area contributed by atoms with Crippen LogP contribution in [0, 0.1) is 0 Å². The molecule has 1 amide bonds. The lowest BCUT2D eigenvalue weighted by Gasteiger charge is -2.18. The van der Waals surface area contributed by atoms with Crippen LogP contribution in [0.25, 0.3) is 0 Å². The van der Waals surface area contributed by atoms with Crippen LogP contribution < -0.4 is 10.1 Å². The normalized spacial score (nSPS) is 11.4. The van der Waals surface area contributed by atoms with Crippen LogP contribution in [0.15, 0.2) is 48.5 Å². The number of amides is 1. The summed E-state index contributed by atoms with van der Waals surface area (Å²) in [6.07, 6.45) is -0.138. The number of benzene rings is 2. The standard InChI is InChI=1S/C20H22BNO7/c1-29-16-7-5-14(6-8-16)17(23)9-10-19(24)22-18(21(27)28)12-13-3-2-4-15(11-13)20(25)26/h2-8,11,18,27-28H,9-10,12H2,1H3,(H,22,24)(H,25,26)/t18-/m0/s1. The molecule has 0 unspecified atom stereocenters. The van der Waals surface area contributed by atoms with Gasteiger partial charge in [-0.3, -0.25) is 9.59 Å². The number of aromatic carboxylic acids is 1. The first-order chi connectivity index (χ1) is 13.8. The van der Waals surface area contributed by atoms with E-state index in [2.05, 4.69) is 5.32 Å². The molecular formula is C20H22BNO7. The molecule has 9 heteroatoms. The number of hydrogen-bond acceptors (Lipinski definition) is 6. The quantitative estimate of drug-likeness (QED) is 0.347. The molecule has 0 aliphatic rings.